The van der Waals surface area contributed by atoms with E-state index >= 15 is 0 Å². The van der Waals surface area contributed by atoms with Crippen LogP contribution in [0.5, 0.6) is 0 Å². The van der Waals surface area contributed by atoms with Gasteiger partial charge in [0.1, 0.15) is 5.69 Å². The molecule has 5 nitrogen and oxygen atoms in total. The summed E-state index contributed by atoms with van der Waals surface area (Å²) in [5, 5.41) is 6.96. The average molecular weight is 311 g/mol. The van der Waals surface area contributed by atoms with E-state index in [9.17, 15) is 4.79 Å². The number of amides is 1. The molecule has 0 atom stereocenters. The molecule has 0 bridgehead atoms. The minimum Gasteiger partial charge on any atom is -0.349 e. The van der Waals surface area contributed by atoms with Gasteiger partial charge in [0.05, 0.1) is 6.54 Å². The van der Waals surface area contributed by atoms with Crippen LogP contribution in [0.3, 0.4) is 0 Å². The number of halogens is 1. The highest BCUT2D eigenvalue weighted by atomic mass is 79.9. The van der Waals surface area contributed by atoms with Gasteiger partial charge < -0.3 is 9.88 Å². The lowest BCUT2D eigenvalue weighted by Gasteiger charge is -2.07. The zero-order chi connectivity index (χ0) is 13.0. The monoisotopic (exact) mass is 310 g/mol. The molecule has 0 unspecified atom stereocenters. The van der Waals surface area contributed by atoms with Crippen LogP contribution in [0.4, 0.5) is 0 Å². The third-order valence-corrected chi connectivity index (χ3v) is 3.06. The minimum atomic E-state index is -0.0605. The summed E-state index contributed by atoms with van der Waals surface area (Å²) in [5.41, 5.74) is 0.671. The van der Waals surface area contributed by atoms with E-state index in [4.69, 9.17) is 0 Å². The van der Waals surface area contributed by atoms with E-state index in [1.165, 1.54) is 0 Å². The fraction of sp³-hybridized carbons (Fsp3) is 0.333. The maximum atomic E-state index is 12.0. The Bertz CT molecular complexity index is 518. The summed E-state index contributed by atoms with van der Waals surface area (Å²) in [7, 11) is 0. The Hall–Kier alpha value is -1.56. The van der Waals surface area contributed by atoms with E-state index in [0.29, 0.717) is 18.8 Å². The molecule has 0 aliphatic heterocycles. The number of carbonyl (C=O) groups excluding carboxylic acids is 1. The number of rotatable bonds is 5. The average Bonchev–Trinajstić information content (AvgIpc) is 2.98. The topological polar surface area (TPSA) is 51.9 Å². The number of hydrogen-bond donors (Lipinski definition) is 1. The van der Waals surface area contributed by atoms with Gasteiger partial charge in [0.15, 0.2) is 0 Å². The van der Waals surface area contributed by atoms with Gasteiger partial charge in [-0.15, -0.1) is 0 Å². The van der Waals surface area contributed by atoms with E-state index in [-0.39, 0.29) is 5.91 Å². The number of aromatic nitrogens is 3. The Morgan fingerprint density at radius 1 is 1.56 bits per heavy atom. The molecule has 0 spiro atoms. The van der Waals surface area contributed by atoms with Crippen molar-refractivity contribution in [3.63, 3.8) is 0 Å². The molecule has 0 aromatic carbocycles. The molecule has 0 saturated heterocycles. The first kappa shape index (κ1) is 12.9. The Balaban J connectivity index is 1.91. The number of nitrogens with one attached hydrogen (secondary N) is 1. The second kappa shape index (κ2) is 5.86. The van der Waals surface area contributed by atoms with Crippen molar-refractivity contribution in [2.45, 2.75) is 20.0 Å². The molecule has 1 amide bonds. The number of hydrogen-bond acceptors (Lipinski definition) is 2. The molecule has 0 radical (unpaired) electrons. The van der Waals surface area contributed by atoms with Gasteiger partial charge in [0.25, 0.3) is 5.91 Å². The Labute approximate surface area is 114 Å². The molecule has 6 heteroatoms. The lowest BCUT2D eigenvalue weighted by Crippen LogP contribution is -2.29. The summed E-state index contributed by atoms with van der Waals surface area (Å²) in [4.78, 5) is 12.0. The third-order valence-electron chi connectivity index (χ3n) is 2.62. The molecule has 2 rings (SSSR count). The Morgan fingerprint density at radius 2 is 2.39 bits per heavy atom. The first-order chi connectivity index (χ1) is 8.70. The van der Waals surface area contributed by atoms with E-state index in [1.807, 2.05) is 36.0 Å². The molecule has 0 fully saturated rings. The molecule has 18 heavy (non-hydrogen) atoms. The fourth-order valence-electron chi connectivity index (χ4n) is 1.73. The van der Waals surface area contributed by atoms with Gasteiger partial charge in [0, 0.05) is 36.2 Å². The highest BCUT2D eigenvalue weighted by molar-refractivity contribution is 9.10. The van der Waals surface area contributed by atoms with Gasteiger partial charge >= 0.3 is 0 Å². The summed E-state index contributed by atoms with van der Waals surface area (Å²) in [6.07, 6.45) is 5.50. The molecule has 0 aliphatic rings. The molecule has 2 aromatic heterocycles. The smallest absolute Gasteiger partial charge is 0.268 e. The van der Waals surface area contributed by atoms with Crippen LogP contribution in [0.15, 0.2) is 35.2 Å². The van der Waals surface area contributed by atoms with Crippen LogP contribution in [0, 0.1) is 0 Å². The maximum Gasteiger partial charge on any atom is 0.268 e. The highest BCUT2D eigenvalue weighted by Crippen LogP contribution is 2.14. The fourth-order valence-corrected chi connectivity index (χ4v) is 2.20. The van der Waals surface area contributed by atoms with Gasteiger partial charge in [-0.3, -0.25) is 9.48 Å². The third kappa shape index (κ3) is 3.01. The van der Waals surface area contributed by atoms with Crippen molar-refractivity contribution >= 4 is 21.8 Å². The van der Waals surface area contributed by atoms with E-state index in [1.54, 1.807) is 10.9 Å². The van der Waals surface area contributed by atoms with Crippen molar-refractivity contribution in [2.75, 3.05) is 6.54 Å². The van der Waals surface area contributed by atoms with Gasteiger partial charge in [0.2, 0.25) is 0 Å². The maximum absolute atomic E-state index is 12.0. The van der Waals surface area contributed by atoms with Crippen molar-refractivity contribution in [1.82, 2.24) is 19.7 Å². The van der Waals surface area contributed by atoms with E-state index < -0.39 is 0 Å². The van der Waals surface area contributed by atoms with E-state index in [2.05, 4.69) is 26.3 Å². The van der Waals surface area contributed by atoms with Gasteiger partial charge in [-0.1, -0.05) is 0 Å². The summed E-state index contributed by atoms with van der Waals surface area (Å²) in [6, 6.07) is 3.69. The first-order valence-electron chi connectivity index (χ1n) is 5.82. The first-order valence-corrected chi connectivity index (χ1v) is 6.61. The predicted molar refractivity (Wildman–Crippen MR) is 72.4 cm³/mol. The van der Waals surface area contributed by atoms with Crippen LogP contribution in [0.25, 0.3) is 0 Å². The molecule has 1 N–H and O–H groups in total. The molecule has 2 aromatic rings. The normalized spacial score (nSPS) is 10.6. The van der Waals surface area contributed by atoms with Gasteiger partial charge in [-0.25, -0.2) is 0 Å². The quantitative estimate of drug-likeness (QED) is 0.917. The SMILES string of the molecule is CCn1cc(Br)cc1C(=O)NCCn1cccn1. The lowest BCUT2D eigenvalue weighted by molar-refractivity contribution is 0.0943. The molecule has 96 valence electrons. The van der Waals surface area contributed by atoms with Crippen LogP contribution in [0.2, 0.25) is 0 Å². The zero-order valence-corrected chi connectivity index (χ0v) is 11.7. The number of carbonyl (C=O) groups is 1. The largest absolute Gasteiger partial charge is 0.349 e. The van der Waals surface area contributed by atoms with Crippen LogP contribution < -0.4 is 5.32 Å². The van der Waals surface area contributed by atoms with Crippen molar-refractivity contribution < 1.29 is 4.79 Å². The molecule has 0 saturated carbocycles. The van der Waals surface area contributed by atoms with Gasteiger partial charge in [-0.05, 0) is 35.0 Å². The highest BCUT2D eigenvalue weighted by Gasteiger charge is 2.11. The zero-order valence-electron chi connectivity index (χ0n) is 10.1. The summed E-state index contributed by atoms with van der Waals surface area (Å²) in [6.45, 7) is 4.01. The Kier molecular flexibility index (Phi) is 4.19. The number of nitrogens with zero attached hydrogens (tertiary/aromatic N) is 3. The second-order valence-corrected chi connectivity index (χ2v) is 4.77. The van der Waals surface area contributed by atoms with Crippen LogP contribution in [-0.2, 0) is 13.1 Å². The van der Waals surface area contributed by atoms with Crippen LogP contribution >= 0.6 is 15.9 Å². The minimum absolute atomic E-state index is 0.0605. The van der Waals surface area contributed by atoms with Gasteiger partial charge in [-0.2, -0.15) is 5.10 Å². The lowest BCUT2D eigenvalue weighted by atomic mass is 10.4. The van der Waals surface area contributed by atoms with Crippen molar-refractivity contribution in [3.8, 4) is 0 Å². The van der Waals surface area contributed by atoms with Crippen molar-refractivity contribution in [2.24, 2.45) is 0 Å². The van der Waals surface area contributed by atoms with Crippen molar-refractivity contribution in [1.29, 1.82) is 0 Å². The Morgan fingerprint density at radius 3 is 3.06 bits per heavy atom. The second-order valence-electron chi connectivity index (χ2n) is 3.85. The molecule has 2 heterocycles. The molecular formula is C12H15BrN4O. The van der Waals surface area contributed by atoms with Crippen molar-refractivity contribution in [3.05, 3.63) is 40.9 Å². The molecule has 0 aliphatic carbocycles. The summed E-state index contributed by atoms with van der Waals surface area (Å²) < 4.78 is 4.61. The molecular weight excluding hydrogens is 296 g/mol. The number of aryl methyl sites for hydroxylation is 1. The summed E-state index contributed by atoms with van der Waals surface area (Å²) in [5.74, 6) is -0.0605. The predicted octanol–water partition coefficient (Wildman–Crippen LogP) is 1.90. The van der Waals surface area contributed by atoms with Crippen LogP contribution in [-0.4, -0.2) is 26.8 Å². The van der Waals surface area contributed by atoms with Crippen LogP contribution in [0.1, 0.15) is 17.4 Å². The van der Waals surface area contributed by atoms with E-state index in [0.717, 1.165) is 11.0 Å². The summed E-state index contributed by atoms with van der Waals surface area (Å²) >= 11 is 3.38. The standard InChI is InChI=1S/C12H15BrN4O/c1-2-16-9-10(13)8-11(16)12(18)14-5-7-17-6-3-4-15-17/h3-4,6,8-9H,2,5,7H2,1H3,(H,14,18).